The lowest BCUT2D eigenvalue weighted by Crippen LogP contribution is -2.17. The Kier molecular flexibility index (Phi) is 5.64. The van der Waals surface area contributed by atoms with Crippen molar-refractivity contribution < 1.29 is 9.47 Å². The molecular formula is C15H20BrN3O2. The van der Waals surface area contributed by atoms with Gasteiger partial charge in [0.05, 0.1) is 18.1 Å². The van der Waals surface area contributed by atoms with Gasteiger partial charge >= 0.3 is 0 Å². The Morgan fingerprint density at radius 1 is 1.43 bits per heavy atom. The molecule has 0 bridgehead atoms. The Labute approximate surface area is 133 Å². The van der Waals surface area contributed by atoms with Gasteiger partial charge in [0.15, 0.2) is 11.5 Å². The number of halogens is 1. The summed E-state index contributed by atoms with van der Waals surface area (Å²) < 4.78 is 13.9. The minimum absolute atomic E-state index is 0.105. The molecule has 21 heavy (non-hydrogen) atoms. The summed E-state index contributed by atoms with van der Waals surface area (Å²) in [6.45, 7) is 3.18. The molecule has 1 atom stereocenters. The van der Waals surface area contributed by atoms with Gasteiger partial charge < -0.3 is 15.2 Å². The van der Waals surface area contributed by atoms with Crippen LogP contribution < -0.4 is 15.2 Å². The van der Waals surface area contributed by atoms with Crippen molar-refractivity contribution in [3.05, 3.63) is 40.6 Å². The number of ether oxygens (including phenoxy) is 2. The number of benzene rings is 1. The van der Waals surface area contributed by atoms with Crippen LogP contribution in [0.3, 0.4) is 0 Å². The van der Waals surface area contributed by atoms with Crippen LogP contribution in [0.15, 0.2) is 35.1 Å². The minimum atomic E-state index is 0.105. The second-order valence-corrected chi connectivity index (χ2v) is 5.76. The van der Waals surface area contributed by atoms with Crippen LogP contribution in [0, 0.1) is 0 Å². The molecule has 1 aromatic carbocycles. The Morgan fingerprint density at radius 3 is 2.86 bits per heavy atom. The Hall–Kier alpha value is -1.53. The molecule has 6 heteroatoms. The number of methoxy groups -OCH3 is 1. The number of rotatable bonds is 7. The van der Waals surface area contributed by atoms with E-state index >= 15 is 0 Å². The van der Waals surface area contributed by atoms with Crippen molar-refractivity contribution in [1.29, 1.82) is 0 Å². The van der Waals surface area contributed by atoms with Gasteiger partial charge in [0, 0.05) is 18.4 Å². The van der Waals surface area contributed by atoms with Crippen LogP contribution in [0.1, 0.15) is 12.5 Å². The van der Waals surface area contributed by atoms with Gasteiger partial charge in [-0.2, -0.15) is 5.10 Å². The second kappa shape index (κ2) is 7.47. The Morgan fingerprint density at radius 2 is 2.24 bits per heavy atom. The molecule has 114 valence electrons. The zero-order valence-corrected chi connectivity index (χ0v) is 13.8. The molecule has 1 heterocycles. The quantitative estimate of drug-likeness (QED) is 0.830. The summed E-state index contributed by atoms with van der Waals surface area (Å²) in [6.07, 6.45) is 4.45. The van der Waals surface area contributed by atoms with E-state index in [0.29, 0.717) is 24.7 Å². The van der Waals surface area contributed by atoms with Gasteiger partial charge in [-0.15, -0.1) is 0 Å². The number of hydrogen-bond donors (Lipinski definition) is 1. The van der Waals surface area contributed by atoms with Gasteiger partial charge in [0.1, 0.15) is 6.61 Å². The fourth-order valence-corrected chi connectivity index (χ4v) is 2.68. The number of nitrogens with two attached hydrogens (primary N) is 1. The summed E-state index contributed by atoms with van der Waals surface area (Å²) in [6, 6.07) is 5.99. The molecular weight excluding hydrogens is 334 g/mol. The molecule has 0 saturated carbocycles. The summed E-state index contributed by atoms with van der Waals surface area (Å²) in [5.74, 6) is 1.42. The first kappa shape index (κ1) is 15.9. The highest BCUT2D eigenvalue weighted by Crippen LogP contribution is 2.36. The van der Waals surface area contributed by atoms with E-state index in [4.69, 9.17) is 15.2 Å². The molecule has 2 N–H and O–H groups in total. The molecule has 2 aromatic rings. The van der Waals surface area contributed by atoms with E-state index in [1.165, 1.54) is 0 Å². The van der Waals surface area contributed by atoms with Crippen LogP contribution in [0.25, 0.3) is 0 Å². The molecule has 0 saturated heterocycles. The van der Waals surface area contributed by atoms with Gasteiger partial charge in [-0.05, 0) is 53.0 Å². The third-order valence-corrected chi connectivity index (χ3v) is 3.56. The van der Waals surface area contributed by atoms with Gasteiger partial charge in [-0.1, -0.05) is 0 Å². The first-order chi connectivity index (χ1) is 10.1. The van der Waals surface area contributed by atoms with Crippen LogP contribution in [-0.2, 0) is 13.0 Å². The molecule has 0 radical (unpaired) electrons. The molecule has 0 aliphatic rings. The lowest BCUT2D eigenvalue weighted by Gasteiger charge is -2.15. The third-order valence-electron chi connectivity index (χ3n) is 2.97. The van der Waals surface area contributed by atoms with Crippen LogP contribution in [0.5, 0.6) is 11.5 Å². The summed E-state index contributed by atoms with van der Waals surface area (Å²) in [7, 11) is 1.64. The maximum atomic E-state index is 5.84. The molecule has 0 amide bonds. The van der Waals surface area contributed by atoms with Crippen molar-refractivity contribution in [3.63, 3.8) is 0 Å². The molecule has 1 aromatic heterocycles. The lowest BCUT2D eigenvalue weighted by atomic mass is 10.1. The summed E-state index contributed by atoms with van der Waals surface area (Å²) in [5, 5.41) is 4.14. The van der Waals surface area contributed by atoms with Gasteiger partial charge in [0.25, 0.3) is 0 Å². The highest BCUT2D eigenvalue weighted by atomic mass is 79.9. The van der Waals surface area contributed by atoms with Gasteiger partial charge in [-0.25, -0.2) is 0 Å². The topological polar surface area (TPSA) is 62.3 Å². The Balaban J connectivity index is 2.07. The standard InChI is InChI=1S/C15H20BrN3O2/c1-11(17)8-12-9-13(16)15(14(10-12)20-2)21-7-6-19-5-3-4-18-19/h3-5,9-11H,6-8,17H2,1-2H3. The fourth-order valence-electron chi connectivity index (χ4n) is 2.08. The molecule has 0 aliphatic heterocycles. The van der Waals surface area contributed by atoms with E-state index in [9.17, 15) is 0 Å². The molecule has 0 aliphatic carbocycles. The van der Waals surface area contributed by atoms with E-state index in [2.05, 4.69) is 21.0 Å². The predicted octanol–water partition coefficient (Wildman–Crippen LogP) is 2.62. The van der Waals surface area contributed by atoms with Gasteiger partial charge in [0.2, 0.25) is 0 Å². The van der Waals surface area contributed by atoms with E-state index in [1.807, 2.05) is 36.0 Å². The third kappa shape index (κ3) is 4.47. The lowest BCUT2D eigenvalue weighted by molar-refractivity contribution is 0.272. The first-order valence-electron chi connectivity index (χ1n) is 6.82. The second-order valence-electron chi connectivity index (χ2n) is 4.91. The number of aromatic nitrogens is 2. The number of nitrogens with zero attached hydrogens (tertiary/aromatic N) is 2. The Bertz CT molecular complexity index is 571. The zero-order chi connectivity index (χ0) is 15.2. The highest BCUT2D eigenvalue weighted by molar-refractivity contribution is 9.10. The summed E-state index contributed by atoms with van der Waals surface area (Å²) in [4.78, 5) is 0. The normalized spacial score (nSPS) is 12.2. The van der Waals surface area contributed by atoms with Crippen LogP contribution in [-0.4, -0.2) is 29.5 Å². The first-order valence-corrected chi connectivity index (χ1v) is 7.61. The predicted molar refractivity (Wildman–Crippen MR) is 85.8 cm³/mol. The molecule has 0 spiro atoms. The monoisotopic (exact) mass is 353 g/mol. The van der Waals surface area contributed by atoms with Crippen molar-refractivity contribution in [2.75, 3.05) is 13.7 Å². The molecule has 2 rings (SSSR count). The number of hydrogen-bond acceptors (Lipinski definition) is 4. The van der Waals surface area contributed by atoms with Crippen LogP contribution in [0.4, 0.5) is 0 Å². The van der Waals surface area contributed by atoms with E-state index in [0.717, 1.165) is 16.5 Å². The van der Waals surface area contributed by atoms with Crippen LogP contribution >= 0.6 is 15.9 Å². The summed E-state index contributed by atoms with van der Waals surface area (Å²) in [5.41, 5.74) is 6.96. The van der Waals surface area contributed by atoms with Crippen molar-refractivity contribution >= 4 is 15.9 Å². The smallest absolute Gasteiger partial charge is 0.175 e. The maximum Gasteiger partial charge on any atom is 0.175 e. The molecule has 1 unspecified atom stereocenters. The zero-order valence-electron chi connectivity index (χ0n) is 12.3. The fraction of sp³-hybridized carbons (Fsp3) is 0.400. The van der Waals surface area contributed by atoms with E-state index < -0.39 is 0 Å². The van der Waals surface area contributed by atoms with Crippen molar-refractivity contribution in [1.82, 2.24) is 9.78 Å². The van der Waals surface area contributed by atoms with Gasteiger partial charge in [-0.3, -0.25) is 4.68 Å². The van der Waals surface area contributed by atoms with E-state index in [1.54, 1.807) is 13.3 Å². The maximum absolute atomic E-state index is 5.84. The van der Waals surface area contributed by atoms with Crippen molar-refractivity contribution in [2.24, 2.45) is 5.73 Å². The largest absolute Gasteiger partial charge is 0.493 e. The van der Waals surface area contributed by atoms with Crippen LogP contribution in [0.2, 0.25) is 0 Å². The van der Waals surface area contributed by atoms with Crippen molar-refractivity contribution in [2.45, 2.75) is 25.9 Å². The minimum Gasteiger partial charge on any atom is -0.493 e. The molecule has 0 fully saturated rings. The average molecular weight is 354 g/mol. The van der Waals surface area contributed by atoms with E-state index in [-0.39, 0.29) is 6.04 Å². The SMILES string of the molecule is COc1cc(CC(C)N)cc(Br)c1OCCn1cccn1. The molecule has 5 nitrogen and oxygen atoms in total. The average Bonchev–Trinajstić information content (AvgIpc) is 2.93. The summed E-state index contributed by atoms with van der Waals surface area (Å²) >= 11 is 3.54. The van der Waals surface area contributed by atoms with Crippen molar-refractivity contribution in [3.8, 4) is 11.5 Å². The highest BCUT2D eigenvalue weighted by Gasteiger charge is 2.12.